The molecule has 0 fully saturated rings. The van der Waals surface area contributed by atoms with Gasteiger partial charge in [0.05, 0.1) is 5.69 Å². The van der Waals surface area contributed by atoms with Gasteiger partial charge in [-0.05, 0) is 26.2 Å². The minimum Gasteiger partial charge on any atom is -0.359 e. The molecule has 0 aromatic carbocycles. The molecule has 25 heavy (non-hydrogen) atoms. The van der Waals surface area contributed by atoms with Gasteiger partial charge in [0.15, 0.2) is 11.7 Å². The van der Waals surface area contributed by atoms with Gasteiger partial charge in [-0.1, -0.05) is 25.9 Å². The van der Waals surface area contributed by atoms with Crippen LogP contribution in [0.2, 0.25) is 0 Å². The summed E-state index contributed by atoms with van der Waals surface area (Å²) in [5.41, 5.74) is 1.00. The Morgan fingerprint density at radius 3 is 2.56 bits per heavy atom. The second-order valence-corrected chi connectivity index (χ2v) is 5.95. The van der Waals surface area contributed by atoms with Crippen LogP contribution in [0.25, 0.3) is 0 Å². The summed E-state index contributed by atoms with van der Waals surface area (Å²) in [7, 11) is 0. The fourth-order valence-corrected chi connectivity index (χ4v) is 2.45. The second kappa shape index (κ2) is 12.3. The molecule has 1 aromatic heterocycles. The number of guanidine groups is 1. The molecule has 0 atom stereocenters. The van der Waals surface area contributed by atoms with Crippen LogP contribution in [-0.4, -0.2) is 36.7 Å². The van der Waals surface area contributed by atoms with Crippen molar-refractivity contribution in [2.75, 3.05) is 19.6 Å². The largest absolute Gasteiger partial charge is 0.359 e. The van der Waals surface area contributed by atoms with Gasteiger partial charge in [0.1, 0.15) is 6.54 Å². The van der Waals surface area contributed by atoms with Crippen molar-refractivity contribution in [1.29, 1.82) is 0 Å². The van der Waals surface area contributed by atoms with E-state index in [9.17, 15) is 4.79 Å². The lowest BCUT2D eigenvalue weighted by Crippen LogP contribution is -2.39. The average Bonchev–Trinajstić information content (AvgIpc) is 3.07. The van der Waals surface area contributed by atoms with E-state index in [1.165, 1.54) is 0 Å². The van der Waals surface area contributed by atoms with Crippen LogP contribution < -0.4 is 16.0 Å². The highest BCUT2D eigenvalue weighted by atomic mass is 16.5. The van der Waals surface area contributed by atoms with E-state index in [2.05, 4.69) is 39.9 Å². The molecule has 1 aromatic rings. The zero-order valence-electron chi connectivity index (χ0n) is 16.0. The van der Waals surface area contributed by atoms with Crippen LogP contribution in [0.1, 0.15) is 70.8 Å². The third kappa shape index (κ3) is 8.05. The Kier molecular flexibility index (Phi) is 10.4. The summed E-state index contributed by atoms with van der Waals surface area (Å²) in [5.74, 6) is 1.91. The van der Waals surface area contributed by atoms with Gasteiger partial charge in [0.2, 0.25) is 5.91 Å². The molecule has 0 aliphatic carbocycles. The van der Waals surface area contributed by atoms with Crippen molar-refractivity contribution >= 4 is 11.9 Å². The zero-order chi connectivity index (χ0) is 18.5. The number of rotatable bonds is 11. The lowest BCUT2D eigenvalue weighted by molar-refractivity contribution is -0.120. The highest BCUT2D eigenvalue weighted by molar-refractivity contribution is 5.81. The number of aromatic nitrogens is 1. The summed E-state index contributed by atoms with van der Waals surface area (Å²) in [6.45, 7) is 10.8. The summed E-state index contributed by atoms with van der Waals surface area (Å²) in [6.07, 6.45) is 3.47. The SMILES string of the molecule is CCCNC(=O)CCNC(=NCc1cc(C(CC)CC)no1)NCC. The maximum Gasteiger partial charge on any atom is 0.221 e. The molecule has 0 saturated carbocycles. The molecule has 0 radical (unpaired) electrons. The van der Waals surface area contributed by atoms with Crippen molar-refractivity contribution in [3.8, 4) is 0 Å². The molecule has 0 unspecified atom stereocenters. The first-order chi connectivity index (χ1) is 12.1. The third-order valence-corrected chi connectivity index (χ3v) is 3.93. The van der Waals surface area contributed by atoms with Crippen LogP contribution in [0, 0.1) is 0 Å². The number of nitrogens with one attached hydrogen (secondary N) is 3. The van der Waals surface area contributed by atoms with Gasteiger partial charge >= 0.3 is 0 Å². The van der Waals surface area contributed by atoms with Crippen molar-refractivity contribution in [2.45, 2.75) is 65.8 Å². The van der Waals surface area contributed by atoms with Crippen molar-refractivity contribution in [2.24, 2.45) is 4.99 Å². The van der Waals surface area contributed by atoms with Crippen LogP contribution in [0.3, 0.4) is 0 Å². The Morgan fingerprint density at radius 1 is 1.16 bits per heavy atom. The Labute approximate surface area is 151 Å². The molecule has 0 bridgehead atoms. The molecule has 1 heterocycles. The van der Waals surface area contributed by atoms with E-state index in [1.54, 1.807) is 0 Å². The maximum atomic E-state index is 11.6. The smallest absolute Gasteiger partial charge is 0.221 e. The molecule has 1 rings (SSSR count). The normalized spacial score (nSPS) is 11.6. The number of amides is 1. The fraction of sp³-hybridized carbons (Fsp3) is 0.722. The zero-order valence-corrected chi connectivity index (χ0v) is 16.0. The number of nitrogens with zero attached hydrogens (tertiary/aromatic N) is 2. The number of carbonyl (C=O) groups excluding carboxylic acids is 1. The molecular weight excluding hydrogens is 318 g/mol. The first kappa shape index (κ1) is 21.0. The number of carbonyl (C=O) groups is 1. The van der Waals surface area contributed by atoms with Crippen molar-refractivity contribution < 1.29 is 9.32 Å². The van der Waals surface area contributed by atoms with Gasteiger partial charge < -0.3 is 20.5 Å². The number of hydrogen-bond acceptors (Lipinski definition) is 4. The third-order valence-electron chi connectivity index (χ3n) is 3.93. The average molecular weight is 351 g/mol. The molecule has 7 nitrogen and oxygen atoms in total. The van der Waals surface area contributed by atoms with Gasteiger partial charge in [-0.3, -0.25) is 4.79 Å². The van der Waals surface area contributed by atoms with E-state index in [1.807, 2.05) is 19.9 Å². The monoisotopic (exact) mass is 351 g/mol. The highest BCUT2D eigenvalue weighted by Gasteiger charge is 2.12. The van der Waals surface area contributed by atoms with Crippen LogP contribution in [0.15, 0.2) is 15.6 Å². The standard InChI is InChI=1S/C18H33N5O2/c1-5-10-20-17(24)9-11-21-18(19-8-4)22-13-15-12-16(23-25-15)14(6-2)7-3/h12,14H,5-11,13H2,1-4H3,(H,20,24)(H2,19,21,22). The van der Waals surface area contributed by atoms with Crippen LogP contribution in [-0.2, 0) is 11.3 Å². The van der Waals surface area contributed by atoms with Gasteiger partial charge in [-0.2, -0.15) is 0 Å². The Balaban J connectivity index is 2.50. The predicted molar refractivity (Wildman–Crippen MR) is 101 cm³/mol. The minimum atomic E-state index is 0.0512. The van der Waals surface area contributed by atoms with Crippen LogP contribution >= 0.6 is 0 Å². The van der Waals surface area contributed by atoms with E-state index < -0.39 is 0 Å². The second-order valence-electron chi connectivity index (χ2n) is 5.95. The molecule has 0 aliphatic heterocycles. The van der Waals surface area contributed by atoms with E-state index in [-0.39, 0.29) is 5.91 Å². The summed E-state index contributed by atoms with van der Waals surface area (Å²) in [6, 6.07) is 1.99. The lowest BCUT2D eigenvalue weighted by atomic mass is 9.99. The summed E-state index contributed by atoms with van der Waals surface area (Å²) in [4.78, 5) is 16.1. The number of hydrogen-bond donors (Lipinski definition) is 3. The van der Waals surface area contributed by atoms with E-state index in [0.29, 0.717) is 31.4 Å². The Hall–Kier alpha value is -2.05. The van der Waals surface area contributed by atoms with E-state index in [4.69, 9.17) is 4.52 Å². The van der Waals surface area contributed by atoms with Gasteiger partial charge in [0.25, 0.3) is 0 Å². The topological polar surface area (TPSA) is 91.5 Å². The Bertz CT molecular complexity index is 523. The maximum absolute atomic E-state index is 11.6. The molecule has 0 aliphatic rings. The molecule has 1 amide bonds. The molecule has 7 heteroatoms. The first-order valence-electron chi connectivity index (χ1n) is 9.38. The molecule has 142 valence electrons. The number of aliphatic imine (C=N–C) groups is 1. The minimum absolute atomic E-state index is 0.0512. The van der Waals surface area contributed by atoms with Crippen molar-refractivity contribution in [1.82, 2.24) is 21.1 Å². The van der Waals surface area contributed by atoms with Crippen LogP contribution in [0.5, 0.6) is 0 Å². The predicted octanol–water partition coefficient (Wildman–Crippen LogP) is 2.55. The van der Waals surface area contributed by atoms with Gasteiger partial charge in [-0.15, -0.1) is 0 Å². The quantitative estimate of drug-likeness (QED) is 0.421. The summed E-state index contributed by atoms with van der Waals surface area (Å²) < 4.78 is 5.39. The molecule has 0 spiro atoms. The summed E-state index contributed by atoms with van der Waals surface area (Å²) >= 11 is 0. The van der Waals surface area contributed by atoms with Gasteiger partial charge in [0, 0.05) is 38.0 Å². The van der Waals surface area contributed by atoms with E-state index >= 15 is 0 Å². The van der Waals surface area contributed by atoms with Gasteiger partial charge in [-0.25, -0.2) is 4.99 Å². The summed E-state index contributed by atoms with van der Waals surface area (Å²) in [5, 5.41) is 13.3. The molecular formula is C18H33N5O2. The van der Waals surface area contributed by atoms with Crippen molar-refractivity contribution in [3.05, 3.63) is 17.5 Å². The fourth-order valence-electron chi connectivity index (χ4n) is 2.45. The van der Waals surface area contributed by atoms with Crippen molar-refractivity contribution in [3.63, 3.8) is 0 Å². The Morgan fingerprint density at radius 2 is 1.92 bits per heavy atom. The highest BCUT2D eigenvalue weighted by Crippen LogP contribution is 2.22. The molecule has 0 saturated heterocycles. The first-order valence-corrected chi connectivity index (χ1v) is 9.38. The lowest BCUT2D eigenvalue weighted by Gasteiger charge is -2.10. The molecule has 3 N–H and O–H groups in total. The van der Waals surface area contributed by atoms with E-state index in [0.717, 1.165) is 43.8 Å². The van der Waals surface area contributed by atoms with Crippen LogP contribution in [0.4, 0.5) is 0 Å².